The lowest BCUT2D eigenvalue weighted by Crippen LogP contribution is -2.71. The Morgan fingerprint density at radius 2 is 1.71 bits per heavy atom. The van der Waals surface area contributed by atoms with Gasteiger partial charge >= 0.3 is 0 Å². The van der Waals surface area contributed by atoms with Gasteiger partial charge in [-0.25, -0.2) is 0 Å². The summed E-state index contributed by atoms with van der Waals surface area (Å²) in [7, 11) is 3.23. The molecule has 2 aliphatic carbocycles. The minimum absolute atomic E-state index is 0.0188. The number of benzene rings is 2. The second-order valence-corrected chi connectivity index (χ2v) is 10.3. The Bertz CT molecular complexity index is 1240. The van der Waals surface area contributed by atoms with Crippen molar-refractivity contribution in [3.63, 3.8) is 0 Å². The minimum Gasteiger partial charge on any atom is -0.493 e. The smallest absolute Gasteiger partial charge is 0.258 e. The van der Waals surface area contributed by atoms with E-state index < -0.39 is 5.54 Å². The van der Waals surface area contributed by atoms with Crippen molar-refractivity contribution in [2.24, 2.45) is 23.7 Å². The molecule has 0 N–H and O–H groups in total. The van der Waals surface area contributed by atoms with E-state index in [1.807, 2.05) is 52.3 Å². The first-order chi connectivity index (χ1) is 16.6. The summed E-state index contributed by atoms with van der Waals surface area (Å²) >= 11 is 0. The van der Waals surface area contributed by atoms with Gasteiger partial charge in [0.2, 0.25) is 5.91 Å². The van der Waals surface area contributed by atoms with Crippen LogP contribution in [0.4, 0.5) is 0 Å². The Labute approximate surface area is 199 Å². The number of rotatable bonds is 3. The molecular formula is C28H28N2O4. The van der Waals surface area contributed by atoms with Crippen LogP contribution in [0.5, 0.6) is 11.5 Å². The standard InChI is InChI=1S/C28H28N2O4/c1-33-22-13-17-10-11-30-26(31)25-24-18-9-8-16(12-18)20(24)15-29(25)27(32)28(30,19-6-4-3-5-7-19)21(17)14-23(22)34-2/h3-9,13-14,16,18,20,24-25H,10-12,15H2,1-2H3/t16-,18+,20-,24+,25+,28?/m1/s1. The molecule has 2 bridgehead atoms. The second-order valence-electron chi connectivity index (χ2n) is 10.3. The average molecular weight is 457 g/mol. The minimum atomic E-state index is -1.19. The molecule has 3 fully saturated rings. The number of piperazine rings is 1. The van der Waals surface area contributed by atoms with E-state index in [1.165, 1.54) is 0 Å². The van der Waals surface area contributed by atoms with Crippen LogP contribution in [-0.4, -0.2) is 55.0 Å². The Kier molecular flexibility index (Phi) is 4.07. The average Bonchev–Trinajstić information content (AvgIpc) is 3.59. The van der Waals surface area contributed by atoms with Crippen molar-refractivity contribution in [1.29, 1.82) is 0 Å². The molecule has 2 saturated heterocycles. The van der Waals surface area contributed by atoms with Gasteiger partial charge in [-0.1, -0.05) is 42.5 Å². The summed E-state index contributed by atoms with van der Waals surface area (Å²) in [6.45, 7) is 1.17. The molecule has 3 heterocycles. The molecule has 1 unspecified atom stereocenters. The number of carbonyl (C=O) groups is 2. The van der Waals surface area contributed by atoms with Crippen LogP contribution in [0.25, 0.3) is 0 Å². The van der Waals surface area contributed by atoms with Gasteiger partial charge in [0, 0.05) is 13.1 Å². The number of nitrogens with zero attached hydrogens (tertiary/aromatic N) is 2. The lowest BCUT2D eigenvalue weighted by Gasteiger charge is -2.54. The summed E-state index contributed by atoms with van der Waals surface area (Å²) in [5, 5.41) is 0. The van der Waals surface area contributed by atoms with Crippen molar-refractivity contribution in [1.82, 2.24) is 9.80 Å². The molecule has 174 valence electrons. The van der Waals surface area contributed by atoms with E-state index in [9.17, 15) is 9.59 Å². The molecule has 5 aliphatic rings. The predicted molar refractivity (Wildman–Crippen MR) is 125 cm³/mol. The molecule has 2 aromatic rings. The summed E-state index contributed by atoms with van der Waals surface area (Å²) in [5.41, 5.74) is 1.50. The van der Waals surface area contributed by atoms with E-state index in [4.69, 9.17) is 9.47 Å². The fraction of sp³-hybridized carbons (Fsp3) is 0.429. The first-order valence-electron chi connectivity index (χ1n) is 12.2. The van der Waals surface area contributed by atoms with Crippen molar-refractivity contribution in [3.05, 3.63) is 71.3 Å². The molecular weight excluding hydrogens is 428 g/mol. The summed E-state index contributed by atoms with van der Waals surface area (Å²) in [4.78, 5) is 32.9. The molecule has 6 nitrogen and oxygen atoms in total. The second kappa shape index (κ2) is 6.87. The summed E-state index contributed by atoms with van der Waals surface area (Å²) < 4.78 is 11.2. The van der Waals surface area contributed by atoms with Gasteiger partial charge < -0.3 is 19.3 Å². The van der Waals surface area contributed by atoms with Crippen LogP contribution < -0.4 is 9.47 Å². The van der Waals surface area contributed by atoms with Gasteiger partial charge in [0.1, 0.15) is 6.04 Å². The molecule has 2 aromatic carbocycles. The molecule has 3 aliphatic heterocycles. The number of amides is 2. The normalized spacial score (nSPS) is 34.6. The van der Waals surface area contributed by atoms with E-state index in [2.05, 4.69) is 12.2 Å². The Hall–Kier alpha value is -3.28. The predicted octanol–water partition coefficient (Wildman–Crippen LogP) is 2.99. The Balaban J connectivity index is 1.46. The maximum absolute atomic E-state index is 14.7. The lowest BCUT2D eigenvalue weighted by molar-refractivity contribution is -0.169. The topological polar surface area (TPSA) is 59.1 Å². The molecule has 6 atom stereocenters. The van der Waals surface area contributed by atoms with Crippen LogP contribution in [0.1, 0.15) is 23.1 Å². The third-order valence-electron chi connectivity index (χ3n) is 9.09. The van der Waals surface area contributed by atoms with Gasteiger partial charge in [-0.3, -0.25) is 9.59 Å². The molecule has 0 aromatic heterocycles. The molecule has 0 spiro atoms. The van der Waals surface area contributed by atoms with Crippen LogP contribution >= 0.6 is 0 Å². The number of fused-ring (bicyclic) bond motifs is 10. The van der Waals surface area contributed by atoms with Crippen molar-refractivity contribution in [3.8, 4) is 11.5 Å². The largest absolute Gasteiger partial charge is 0.493 e. The zero-order valence-electron chi connectivity index (χ0n) is 19.4. The van der Waals surface area contributed by atoms with E-state index >= 15 is 0 Å². The highest BCUT2D eigenvalue weighted by atomic mass is 16.5. The SMILES string of the molecule is COc1cc2c(cc1OC)C1(c3ccccc3)C(=O)N3C[C@H]4[C@@H]([C@H]3C(=O)N1CC2)[C@H]1C=C[C@@H]4C1. The number of methoxy groups -OCH3 is 2. The van der Waals surface area contributed by atoms with Crippen LogP contribution in [0.2, 0.25) is 0 Å². The molecule has 34 heavy (non-hydrogen) atoms. The fourth-order valence-corrected chi connectivity index (χ4v) is 7.74. The first kappa shape index (κ1) is 20.1. The fourth-order valence-electron chi connectivity index (χ4n) is 7.74. The molecule has 2 amide bonds. The number of ether oxygens (including phenoxy) is 2. The van der Waals surface area contributed by atoms with Gasteiger partial charge in [0.15, 0.2) is 17.0 Å². The van der Waals surface area contributed by atoms with E-state index in [0.29, 0.717) is 48.8 Å². The number of allylic oxidation sites excluding steroid dienone is 2. The highest BCUT2D eigenvalue weighted by Crippen LogP contribution is 2.58. The highest BCUT2D eigenvalue weighted by Gasteiger charge is 2.67. The van der Waals surface area contributed by atoms with Gasteiger partial charge in [-0.15, -0.1) is 0 Å². The quantitative estimate of drug-likeness (QED) is 0.667. The number of hydrogen-bond acceptors (Lipinski definition) is 4. The molecule has 0 radical (unpaired) electrons. The molecule has 1 saturated carbocycles. The Morgan fingerprint density at radius 1 is 0.971 bits per heavy atom. The first-order valence-corrected chi connectivity index (χ1v) is 12.2. The van der Waals surface area contributed by atoms with E-state index in [-0.39, 0.29) is 23.8 Å². The summed E-state index contributed by atoms with van der Waals surface area (Å²) in [6.07, 6.45) is 6.40. The zero-order chi connectivity index (χ0) is 23.2. The number of hydrogen-bond donors (Lipinski definition) is 0. The van der Waals surface area contributed by atoms with Crippen LogP contribution in [0, 0.1) is 23.7 Å². The number of carbonyl (C=O) groups excluding carboxylic acids is 2. The molecule has 7 rings (SSSR count). The van der Waals surface area contributed by atoms with Crippen LogP contribution in [0.3, 0.4) is 0 Å². The van der Waals surface area contributed by atoms with Gasteiger partial charge in [0.25, 0.3) is 5.91 Å². The third kappa shape index (κ3) is 2.26. The molecule has 6 heteroatoms. The Morgan fingerprint density at radius 3 is 2.47 bits per heavy atom. The zero-order valence-corrected chi connectivity index (χ0v) is 19.4. The van der Waals surface area contributed by atoms with Crippen molar-refractivity contribution < 1.29 is 19.1 Å². The van der Waals surface area contributed by atoms with Crippen molar-refractivity contribution in [2.75, 3.05) is 27.3 Å². The summed E-state index contributed by atoms with van der Waals surface area (Å²) in [5.74, 6) is 2.85. The maximum atomic E-state index is 14.7. The monoisotopic (exact) mass is 456 g/mol. The van der Waals surface area contributed by atoms with Crippen molar-refractivity contribution in [2.45, 2.75) is 24.4 Å². The van der Waals surface area contributed by atoms with E-state index in [0.717, 1.165) is 23.1 Å². The van der Waals surface area contributed by atoms with Crippen LogP contribution in [-0.2, 0) is 21.5 Å². The van der Waals surface area contributed by atoms with Gasteiger partial charge in [-0.05, 0) is 65.3 Å². The van der Waals surface area contributed by atoms with Crippen molar-refractivity contribution >= 4 is 11.8 Å². The lowest BCUT2D eigenvalue weighted by atomic mass is 9.71. The highest BCUT2D eigenvalue weighted by molar-refractivity contribution is 6.04. The van der Waals surface area contributed by atoms with Crippen LogP contribution in [0.15, 0.2) is 54.6 Å². The van der Waals surface area contributed by atoms with Gasteiger partial charge in [0.05, 0.1) is 14.2 Å². The third-order valence-corrected chi connectivity index (χ3v) is 9.09. The van der Waals surface area contributed by atoms with E-state index in [1.54, 1.807) is 14.2 Å². The maximum Gasteiger partial charge on any atom is 0.258 e. The summed E-state index contributed by atoms with van der Waals surface area (Å²) in [6, 6.07) is 13.3. The van der Waals surface area contributed by atoms with Gasteiger partial charge in [-0.2, -0.15) is 0 Å².